The highest BCUT2D eigenvalue weighted by Gasteiger charge is 2.08. The van der Waals surface area contributed by atoms with Crippen molar-refractivity contribution in [3.8, 4) is 0 Å². The van der Waals surface area contributed by atoms with Gasteiger partial charge < -0.3 is 10.6 Å². The molecule has 7 heteroatoms. The molecule has 0 aromatic carbocycles. The van der Waals surface area contributed by atoms with Gasteiger partial charge in [0.25, 0.3) is 5.91 Å². The van der Waals surface area contributed by atoms with Crippen LogP contribution in [0.4, 0.5) is 4.39 Å². The second-order valence-electron chi connectivity index (χ2n) is 7.09. The van der Waals surface area contributed by atoms with Crippen LogP contribution in [-0.2, 0) is 11.3 Å². The number of allylic oxidation sites excluding steroid dienone is 5. The van der Waals surface area contributed by atoms with Gasteiger partial charge in [-0.25, -0.2) is 14.4 Å². The van der Waals surface area contributed by atoms with Crippen molar-refractivity contribution in [1.29, 1.82) is 0 Å². The number of carbonyl (C=O) groups excluding carboxylic acids is 1. The fraction of sp³-hybridized carbons (Fsp3) is 0.375. The van der Waals surface area contributed by atoms with E-state index in [9.17, 15) is 9.18 Å². The number of carbonyl (C=O) groups is 1. The Morgan fingerprint density at radius 2 is 2.13 bits per heavy atom. The first-order valence-corrected chi connectivity index (χ1v) is 11.2. The van der Waals surface area contributed by atoms with Gasteiger partial charge in [0.15, 0.2) is 0 Å². The van der Waals surface area contributed by atoms with Crippen molar-refractivity contribution < 1.29 is 9.18 Å². The number of aliphatic imine (C=N–C) groups is 1. The van der Waals surface area contributed by atoms with E-state index in [1.807, 2.05) is 6.92 Å². The minimum Gasteiger partial charge on any atom is -0.384 e. The normalized spacial score (nSPS) is 12.9. The lowest BCUT2D eigenvalue weighted by molar-refractivity contribution is -0.114. The summed E-state index contributed by atoms with van der Waals surface area (Å²) in [5, 5.41) is 5.97. The second-order valence-corrected chi connectivity index (χ2v) is 8.49. The van der Waals surface area contributed by atoms with E-state index in [4.69, 9.17) is 0 Å². The zero-order valence-corrected chi connectivity index (χ0v) is 19.7. The SMILES string of the molecule is C=C(CC(C)/C=C/CCSC(=C)C)NCc1ccc(F)c(C=NC(=O)/C(=C/C)NC)n1. The number of likely N-dealkylation sites (N-methyl/N-ethyl adjacent to an activating group) is 1. The summed E-state index contributed by atoms with van der Waals surface area (Å²) in [5.41, 5.74) is 1.88. The largest absolute Gasteiger partial charge is 0.384 e. The van der Waals surface area contributed by atoms with Gasteiger partial charge in [-0.15, -0.1) is 11.8 Å². The number of hydrogen-bond donors (Lipinski definition) is 2. The third-order valence-electron chi connectivity index (χ3n) is 4.21. The van der Waals surface area contributed by atoms with Crippen molar-refractivity contribution in [3.63, 3.8) is 0 Å². The molecule has 1 amide bonds. The van der Waals surface area contributed by atoms with Crippen LogP contribution in [0.15, 0.2) is 64.8 Å². The van der Waals surface area contributed by atoms with Gasteiger partial charge in [0.2, 0.25) is 0 Å². The minimum atomic E-state index is -0.533. The summed E-state index contributed by atoms with van der Waals surface area (Å²) in [6.45, 7) is 14.2. The van der Waals surface area contributed by atoms with Crippen molar-refractivity contribution in [2.24, 2.45) is 10.9 Å². The van der Waals surface area contributed by atoms with Gasteiger partial charge in [-0.05, 0) is 49.6 Å². The van der Waals surface area contributed by atoms with E-state index in [1.165, 1.54) is 6.07 Å². The highest BCUT2D eigenvalue weighted by molar-refractivity contribution is 8.03. The number of amides is 1. The number of rotatable bonds is 13. The quantitative estimate of drug-likeness (QED) is 0.191. The zero-order chi connectivity index (χ0) is 23.2. The summed E-state index contributed by atoms with van der Waals surface area (Å²) in [4.78, 5) is 21.1. The molecule has 0 saturated heterocycles. The zero-order valence-electron chi connectivity index (χ0n) is 18.9. The van der Waals surface area contributed by atoms with Crippen LogP contribution in [-0.4, -0.2) is 29.9 Å². The summed E-state index contributed by atoms with van der Waals surface area (Å²) in [6.07, 6.45) is 8.94. The lowest BCUT2D eigenvalue weighted by Gasteiger charge is -2.12. The molecule has 168 valence electrons. The topological polar surface area (TPSA) is 66.4 Å². The molecule has 31 heavy (non-hydrogen) atoms. The average Bonchev–Trinajstić information content (AvgIpc) is 2.72. The van der Waals surface area contributed by atoms with Gasteiger partial charge in [-0.3, -0.25) is 4.79 Å². The van der Waals surface area contributed by atoms with Crippen LogP contribution in [0.2, 0.25) is 0 Å². The molecule has 0 saturated carbocycles. The summed E-state index contributed by atoms with van der Waals surface area (Å²) in [5.74, 6) is 0.381. The van der Waals surface area contributed by atoms with Gasteiger partial charge in [-0.2, -0.15) is 0 Å². The van der Waals surface area contributed by atoms with Gasteiger partial charge in [0.05, 0.1) is 24.2 Å². The van der Waals surface area contributed by atoms with Crippen molar-refractivity contribution in [1.82, 2.24) is 15.6 Å². The Labute approximate surface area is 189 Å². The number of nitrogens with one attached hydrogen (secondary N) is 2. The first-order valence-electron chi connectivity index (χ1n) is 10.2. The van der Waals surface area contributed by atoms with E-state index >= 15 is 0 Å². The molecular weight excluding hydrogens is 411 g/mol. The number of aromatic nitrogens is 1. The molecule has 0 aliphatic carbocycles. The maximum atomic E-state index is 14.0. The van der Waals surface area contributed by atoms with E-state index in [2.05, 4.69) is 52.8 Å². The Bertz CT molecular complexity index is 861. The summed E-state index contributed by atoms with van der Waals surface area (Å²) in [6, 6.07) is 2.92. The van der Waals surface area contributed by atoms with Crippen molar-refractivity contribution in [3.05, 3.63) is 77.0 Å². The Balaban J connectivity index is 2.57. The van der Waals surface area contributed by atoms with E-state index in [0.29, 0.717) is 23.9 Å². The van der Waals surface area contributed by atoms with Crippen LogP contribution in [0.25, 0.3) is 0 Å². The second kappa shape index (κ2) is 14.4. The number of pyridine rings is 1. The predicted octanol–water partition coefficient (Wildman–Crippen LogP) is 5.13. The number of hydrogen-bond acceptors (Lipinski definition) is 5. The third-order valence-corrected chi connectivity index (χ3v) is 5.14. The van der Waals surface area contributed by atoms with Gasteiger partial charge in [-0.1, -0.05) is 38.3 Å². The molecule has 0 spiro atoms. The molecule has 1 heterocycles. The minimum absolute atomic E-state index is 0.0220. The molecular formula is C24H33FN4OS. The standard InChI is InChI=1S/C24H33FN4OS/c1-7-22(26-6)24(30)28-16-23-21(25)12-11-20(29-23)15-27-19(5)14-18(4)10-8-9-13-31-17(2)3/h7-8,10-12,16,18,26-27H,2,5,9,13-15H2,1,3-4,6H3/b10-8+,22-7-,28-16?. The first-order chi connectivity index (χ1) is 14.8. The monoisotopic (exact) mass is 444 g/mol. The molecule has 0 aliphatic rings. The smallest absolute Gasteiger partial charge is 0.292 e. The Hall–Kier alpha value is -2.67. The lowest BCUT2D eigenvalue weighted by Crippen LogP contribution is -2.16. The van der Waals surface area contributed by atoms with Crippen LogP contribution in [0.5, 0.6) is 0 Å². The molecule has 1 atom stereocenters. The average molecular weight is 445 g/mol. The molecule has 0 bridgehead atoms. The fourth-order valence-electron chi connectivity index (χ4n) is 2.63. The maximum Gasteiger partial charge on any atom is 0.292 e. The first kappa shape index (κ1) is 26.4. The van der Waals surface area contributed by atoms with Gasteiger partial charge >= 0.3 is 0 Å². The summed E-state index contributed by atoms with van der Waals surface area (Å²) in [7, 11) is 1.63. The maximum absolute atomic E-state index is 14.0. The highest BCUT2D eigenvalue weighted by atomic mass is 32.2. The number of halogens is 1. The molecule has 1 rings (SSSR count). The van der Waals surface area contributed by atoms with Gasteiger partial charge in [0.1, 0.15) is 11.5 Å². The molecule has 0 fully saturated rings. The molecule has 0 radical (unpaired) electrons. The summed E-state index contributed by atoms with van der Waals surface area (Å²) >= 11 is 1.77. The van der Waals surface area contributed by atoms with Crippen LogP contribution in [0.3, 0.4) is 0 Å². The Morgan fingerprint density at radius 3 is 2.77 bits per heavy atom. The van der Waals surface area contributed by atoms with Crippen LogP contribution < -0.4 is 10.6 Å². The molecule has 0 aliphatic heterocycles. The van der Waals surface area contributed by atoms with E-state index in [-0.39, 0.29) is 5.69 Å². The highest BCUT2D eigenvalue weighted by Crippen LogP contribution is 2.15. The van der Waals surface area contributed by atoms with Crippen LogP contribution >= 0.6 is 11.8 Å². The molecule has 1 aromatic rings. The van der Waals surface area contributed by atoms with Crippen LogP contribution in [0.1, 0.15) is 45.0 Å². The molecule has 1 aromatic heterocycles. The molecule has 2 N–H and O–H groups in total. The van der Waals surface area contributed by atoms with Crippen molar-refractivity contribution in [2.75, 3.05) is 12.8 Å². The molecule has 1 unspecified atom stereocenters. The lowest BCUT2D eigenvalue weighted by atomic mass is 10.1. The predicted molar refractivity (Wildman–Crippen MR) is 130 cm³/mol. The van der Waals surface area contributed by atoms with E-state index < -0.39 is 11.7 Å². The molecule has 5 nitrogen and oxygen atoms in total. The fourth-order valence-corrected chi connectivity index (χ4v) is 3.23. The van der Waals surface area contributed by atoms with E-state index in [0.717, 1.165) is 35.4 Å². The van der Waals surface area contributed by atoms with Crippen molar-refractivity contribution >= 4 is 23.9 Å². The van der Waals surface area contributed by atoms with Crippen molar-refractivity contribution in [2.45, 2.75) is 40.2 Å². The summed E-state index contributed by atoms with van der Waals surface area (Å²) < 4.78 is 14.0. The Kier molecular flexibility index (Phi) is 12.2. The van der Waals surface area contributed by atoms with Gasteiger partial charge in [0, 0.05) is 18.5 Å². The number of thioether (sulfide) groups is 1. The Morgan fingerprint density at radius 1 is 1.39 bits per heavy atom. The third kappa shape index (κ3) is 10.8. The van der Waals surface area contributed by atoms with E-state index in [1.54, 1.807) is 37.9 Å². The van der Waals surface area contributed by atoms with Crippen LogP contribution in [0, 0.1) is 11.7 Å². The number of nitrogens with zero attached hydrogens (tertiary/aromatic N) is 2.